The third kappa shape index (κ3) is 5.07. The fraction of sp³-hybridized carbons (Fsp3) is 0.400. The molecule has 0 aliphatic rings. The van der Waals surface area contributed by atoms with Crippen molar-refractivity contribution in [2.45, 2.75) is 40.2 Å². The highest BCUT2D eigenvalue weighted by atomic mass is 35.5. The van der Waals surface area contributed by atoms with Gasteiger partial charge in [0.05, 0.1) is 18.2 Å². The second-order valence-electron chi connectivity index (χ2n) is 5.59. The maximum Gasteiger partial charge on any atom is 0.179 e. The summed E-state index contributed by atoms with van der Waals surface area (Å²) in [5, 5.41) is 4.01. The van der Waals surface area contributed by atoms with E-state index in [1.807, 2.05) is 19.1 Å². The molecule has 4 heteroatoms. The predicted molar refractivity (Wildman–Crippen MR) is 102 cm³/mol. The Bertz CT molecular complexity index is 641. The molecular formula is C20H26ClNO2. The van der Waals surface area contributed by atoms with Crippen molar-refractivity contribution < 1.29 is 9.47 Å². The summed E-state index contributed by atoms with van der Waals surface area (Å²) in [6, 6.07) is 12.4. The molecule has 0 radical (unpaired) electrons. The van der Waals surface area contributed by atoms with Gasteiger partial charge in [-0.05, 0) is 55.2 Å². The summed E-state index contributed by atoms with van der Waals surface area (Å²) in [7, 11) is 0. The third-order valence-corrected chi connectivity index (χ3v) is 3.96. The molecule has 0 atom stereocenters. The molecule has 0 bridgehead atoms. The summed E-state index contributed by atoms with van der Waals surface area (Å²) in [5.41, 5.74) is 3.49. The zero-order valence-corrected chi connectivity index (χ0v) is 15.5. The van der Waals surface area contributed by atoms with Crippen LogP contribution in [0.2, 0.25) is 5.02 Å². The van der Waals surface area contributed by atoms with Crippen LogP contribution < -0.4 is 14.8 Å². The van der Waals surface area contributed by atoms with Gasteiger partial charge in [-0.3, -0.25) is 0 Å². The molecule has 0 amide bonds. The van der Waals surface area contributed by atoms with E-state index in [4.69, 9.17) is 21.1 Å². The molecule has 0 aromatic heterocycles. The molecular weight excluding hydrogens is 322 g/mol. The maximum absolute atomic E-state index is 6.39. The van der Waals surface area contributed by atoms with Gasteiger partial charge in [0.1, 0.15) is 0 Å². The number of hydrogen-bond acceptors (Lipinski definition) is 3. The van der Waals surface area contributed by atoms with Crippen molar-refractivity contribution in [3.63, 3.8) is 0 Å². The Hall–Kier alpha value is -1.87. The van der Waals surface area contributed by atoms with Crippen molar-refractivity contribution in [1.29, 1.82) is 0 Å². The van der Waals surface area contributed by atoms with E-state index in [1.165, 1.54) is 5.56 Å². The molecule has 1 N–H and O–H groups in total. The Kier molecular flexibility index (Phi) is 7.26. The van der Waals surface area contributed by atoms with Gasteiger partial charge in [0.25, 0.3) is 0 Å². The Balaban J connectivity index is 2.11. The van der Waals surface area contributed by atoms with Crippen molar-refractivity contribution in [2.24, 2.45) is 0 Å². The Morgan fingerprint density at radius 2 is 1.71 bits per heavy atom. The molecule has 0 heterocycles. The molecule has 0 saturated heterocycles. The van der Waals surface area contributed by atoms with E-state index in [9.17, 15) is 0 Å². The van der Waals surface area contributed by atoms with Gasteiger partial charge in [0, 0.05) is 12.2 Å². The molecule has 0 saturated carbocycles. The first-order chi connectivity index (χ1) is 11.7. The predicted octanol–water partition coefficient (Wildman–Crippen LogP) is 5.70. The summed E-state index contributed by atoms with van der Waals surface area (Å²) in [4.78, 5) is 0. The van der Waals surface area contributed by atoms with Crippen LogP contribution in [0.5, 0.6) is 11.5 Å². The molecule has 2 rings (SSSR count). The summed E-state index contributed by atoms with van der Waals surface area (Å²) in [6.45, 7) is 8.06. The average molecular weight is 348 g/mol. The highest BCUT2D eigenvalue weighted by Gasteiger charge is 2.12. The number of nitrogens with one attached hydrogen (secondary N) is 1. The molecule has 0 aliphatic carbocycles. The number of benzene rings is 2. The Morgan fingerprint density at radius 3 is 2.33 bits per heavy atom. The SMILES string of the molecule is CCCOc1c(Cl)cc(CNc2ccc(CC)cc2)cc1OCC. The molecule has 0 fully saturated rings. The molecule has 0 aliphatic heterocycles. The van der Waals surface area contributed by atoms with Crippen LogP contribution in [0, 0.1) is 0 Å². The van der Waals surface area contributed by atoms with Crippen molar-refractivity contribution in [2.75, 3.05) is 18.5 Å². The lowest BCUT2D eigenvalue weighted by atomic mass is 10.1. The zero-order chi connectivity index (χ0) is 17.4. The highest BCUT2D eigenvalue weighted by molar-refractivity contribution is 6.32. The van der Waals surface area contributed by atoms with E-state index in [0.29, 0.717) is 36.3 Å². The standard InChI is InChI=1S/C20H26ClNO2/c1-4-11-24-20-18(21)12-16(13-19(20)23-6-3)14-22-17-9-7-15(5-2)8-10-17/h7-10,12-13,22H,4-6,11,14H2,1-3H3. The van der Waals surface area contributed by atoms with Crippen LogP contribution >= 0.6 is 11.6 Å². The van der Waals surface area contributed by atoms with E-state index in [1.54, 1.807) is 0 Å². The van der Waals surface area contributed by atoms with Crippen LogP contribution in [0.3, 0.4) is 0 Å². The van der Waals surface area contributed by atoms with Crippen molar-refractivity contribution in [3.8, 4) is 11.5 Å². The quantitative estimate of drug-likeness (QED) is 0.631. The van der Waals surface area contributed by atoms with Crippen LogP contribution in [0.25, 0.3) is 0 Å². The van der Waals surface area contributed by atoms with Crippen LogP contribution in [0.1, 0.15) is 38.3 Å². The number of hydrogen-bond donors (Lipinski definition) is 1. The molecule has 2 aromatic carbocycles. The van der Waals surface area contributed by atoms with Crippen LogP contribution in [0.15, 0.2) is 36.4 Å². The second-order valence-corrected chi connectivity index (χ2v) is 6.00. The fourth-order valence-corrected chi connectivity index (χ4v) is 2.68. The Labute approximate surface area is 149 Å². The number of aryl methyl sites for hydroxylation is 1. The topological polar surface area (TPSA) is 30.5 Å². The molecule has 3 nitrogen and oxygen atoms in total. The first-order valence-electron chi connectivity index (χ1n) is 8.58. The molecule has 0 spiro atoms. The minimum atomic E-state index is 0.578. The lowest BCUT2D eigenvalue weighted by Gasteiger charge is -2.15. The van der Waals surface area contributed by atoms with Gasteiger partial charge in [-0.2, -0.15) is 0 Å². The highest BCUT2D eigenvalue weighted by Crippen LogP contribution is 2.37. The van der Waals surface area contributed by atoms with Gasteiger partial charge < -0.3 is 14.8 Å². The van der Waals surface area contributed by atoms with E-state index in [2.05, 4.69) is 43.4 Å². The van der Waals surface area contributed by atoms with Gasteiger partial charge in [-0.15, -0.1) is 0 Å². The second kappa shape index (κ2) is 9.43. The van der Waals surface area contributed by atoms with Gasteiger partial charge >= 0.3 is 0 Å². The normalized spacial score (nSPS) is 10.5. The van der Waals surface area contributed by atoms with E-state index >= 15 is 0 Å². The summed E-state index contributed by atoms with van der Waals surface area (Å²) >= 11 is 6.39. The average Bonchev–Trinajstić information content (AvgIpc) is 2.60. The van der Waals surface area contributed by atoms with E-state index in [-0.39, 0.29) is 0 Å². The zero-order valence-electron chi connectivity index (χ0n) is 14.7. The first-order valence-corrected chi connectivity index (χ1v) is 8.96. The fourth-order valence-electron chi connectivity index (χ4n) is 2.39. The molecule has 0 unspecified atom stereocenters. The van der Waals surface area contributed by atoms with Crippen LogP contribution in [-0.4, -0.2) is 13.2 Å². The first kappa shape index (κ1) is 18.5. The molecule has 24 heavy (non-hydrogen) atoms. The maximum atomic E-state index is 6.39. The monoisotopic (exact) mass is 347 g/mol. The van der Waals surface area contributed by atoms with Crippen LogP contribution in [0.4, 0.5) is 5.69 Å². The smallest absolute Gasteiger partial charge is 0.179 e. The summed E-state index contributed by atoms with van der Waals surface area (Å²) in [5.74, 6) is 1.34. The van der Waals surface area contributed by atoms with E-state index < -0.39 is 0 Å². The number of ether oxygens (including phenoxy) is 2. The summed E-state index contributed by atoms with van der Waals surface area (Å²) in [6.07, 6.45) is 1.98. The lowest BCUT2D eigenvalue weighted by molar-refractivity contribution is 0.277. The third-order valence-electron chi connectivity index (χ3n) is 3.68. The minimum Gasteiger partial charge on any atom is -0.490 e. The number of rotatable bonds is 9. The molecule has 2 aromatic rings. The van der Waals surface area contributed by atoms with E-state index in [0.717, 1.165) is 24.1 Å². The minimum absolute atomic E-state index is 0.578. The van der Waals surface area contributed by atoms with Gasteiger partial charge in [0.2, 0.25) is 0 Å². The van der Waals surface area contributed by atoms with Crippen molar-refractivity contribution in [3.05, 3.63) is 52.5 Å². The van der Waals surface area contributed by atoms with Crippen molar-refractivity contribution in [1.82, 2.24) is 0 Å². The number of anilines is 1. The summed E-state index contributed by atoms with van der Waals surface area (Å²) < 4.78 is 11.4. The van der Waals surface area contributed by atoms with Gasteiger partial charge in [0.15, 0.2) is 11.5 Å². The lowest BCUT2D eigenvalue weighted by Crippen LogP contribution is -2.04. The number of halogens is 1. The van der Waals surface area contributed by atoms with Crippen LogP contribution in [-0.2, 0) is 13.0 Å². The largest absolute Gasteiger partial charge is 0.490 e. The van der Waals surface area contributed by atoms with Gasteiger partial charge in [-0.1, -0.05) is 37.6 Å². The molecule has 130 valence electrons. The Morgan fingerprint density at radius 1 is 0.958 bits per heavy atom. The van der Waals surface area contributed by atoms with Gasteiger partial charge in [-0.25, -0.2) is 0 Å². The van der Waals surface area contributed by atoms with Crippen molar-refractivity contribution >= 4 is 17.3 Å².